The molecule has 2 atom stereocenters. The van der Waals surface area contributed by atoms with E-state index in [0.29, 0.717) is 0 Å². The third-order valence-corrected chi connectivity index (χ3v) is 1.76. The van der Waals surface area contributed by atoms with Gasteiger partial charge in [-0.3, -0.25) is 9.69 Å². The Morgan fingerprint density at radius 2 is 1.85 bits per heavy atom. The molecule has 0 saturated heterocycles. The van der Waals surface area contributed by atoms with Crippen LogP contribution < -0.4 is 0 Å². The fourth-order valence-corrected chi connectivity index (χ4v) is 1.01. The summed E-state index contributed by atoms with van der Waals surface area (Å²) in [7, 11) is 1.30. The highest BCUT2D eigenvalue weighted by Gasteiger charge is 2.16. The van der Waals surface area contributed by atoms with Gasteiger partial charge in [0.1, 0.15) is 12.5 Å². The van der Waals surface area contributed by atoms with Crippen LogP contribution in [0.25, 0.3) is 0 Å². The second-order valence-corrected chi connectivity index (χ2v) is 2.83. The van der Waals surface area contributed by atoms with Crippen LogP contribution in [-0.4, -0.2) is 47.2 Å². The van der Waals surface area contributed by atoms with E-state index in [-0.39, 0.29) is 18.9 Å². The van der Waals surface area contributed by atoms with Crippen LogP contribution in [0.2, 0.25) is 0 Å². The average Bonchev–Trinajstić information content (AvgIpc) is 2.03. The van der Waals surface area contributed by atoms with Crippen LogP contribution in [0.3, 0.4) is 0 Å². The highest BCUT2D eigenvalue weighted by Crippen LogP contribution is 2.02. The third-order valence-electron chi connectivity index (χ3n) is 1.76. The Morgan fingerprint density at radius 1 is 1.38 bits per heavy atom. The molecule has 0 saturated carbocycles. The molecule has 0 aliphatic heterocycles. The van der Waals surface area contributed by atoms with Crippen LogP contribution >= 0.6 is 0 Å². The largest absolute Gasteiger partial charge is 0.469 e. The summed E-state index contributed by atoms with van der Waals surface area (Å²) in [5.41, 5.74) is 0. The molecular formula is C8H17NO4. The summed E-state index contributed by atoms with van der Waals surface area (Å²) in [6, 6.07) is 0. The van der Waals surface area contributed by atoms with E-state index >= 15 is 0 Å². The van der Waals surface area contributed by atoms with Gasteiger partial charge in [-0.25, -0.2) is 0 Å². The predicted molar refractivity (Wildman–Crippen MR) is 46.7 cm³/mol. The zero-order valence-corrected chi connectivity index (χ0v) is 8.23. The molecule has 0 aromatic carbocycles. The van der Waals surface area contributed by atoms with Crippen molar-refractivity contribution in [1.29, 1.82) is 0 Å². The number of aliphatic hydroxyl groups is 2. The molecule has 5 heteroatoms. The van der Waals surface area contributed by atoms with Gasteiger partial charge in [0.05, 0.1) is 13.5 Å². The summed E-state index contributed by atoms with van der Waals surface area (Å²) >= 11 is 0. The Balaban J connectivity index is 3.90. The highest BCUT2D eigenvalue weighted by atomic mass is 16.5. The van der Waals surface area contributed by atoms with Gasteiger partial charge in [0.2, 0.25) is 0 Å². The highest BCUT2D eigenvalue weighted by molar-refractivity contribution is 5.69. The fraction of sp³-hybridized carbons (Fsp3) is 0.875. The average molecular weight is 191 g/mol. The van der Waals surface area contributed by atoms with Crippen molar-refractivity contribution >= 4 is 5.97 Å². The van der Waals surface area contributed by atoms with Crippen LogP contribution in [0.15, 0.2) is 0 Å². The number of carbonyl (C=O) groups is 1. The molecule has 2 unspecified atom stereocenters. The van der Waals surface area contributed by atoms with Gasteiger partial charge < -0.3 is 14.9 Å². The summed E-state index contributed by atoms with van der Waals surface area (Å²) < 4.78 is 4.43. The molecule has 0 spiro atoms. The molecule has 78 valence electrons. The van der Waals surface area contributed by atoms with Gasteiger partial charge in [-0.1, -0.05) is 0 Å². The summed E-state index contributed by atoms with van der Waals surface area (Å²) in [6.07, 6.45) is -1.39. The van der Waals surface area contributed by atoms with Crippen molar-refractivity contribution in [2.45, 2.75) is 32.7 Å². The maximum absolute atomic E-state index is 10.7. The van der Waals surface area contributed by atoms with Crippen LogP contribution in [0.5, 0.6) is 0 Å². The second kappa shape index (κ2) is 5.90. The third kappa shape index (κ3) is 4.82. The minimum absolute atomic E-state index is 0.159. The number of aliphatic hydroxyl groups excluding tert-OH is 2. The molecule has 0 aliphatic carbocycles. The SMILES string of the molecule is COC(=O)CCN(C(C)O)C(C)O. The van der Waals surface area contributed by atoms with Gasteiger partial charge in [0.15, 0.2) is 0 Å². The standard InChI is InChI=1S/C8H17NO4/c1-6(10)9(7(2)11)5-4-8(12)13-3/h6-7,10-11H,4-5H2,1-3H3. The van der Waals surface area contributed by atoms with E-state index in [1.54, 1.807) is 0 Å². The summed E-state index contributed by atoms with van der Waals surface area (Å²) in [5, 5.41) is 18.4. The lowest BCUT2D eigenvalue weighted by molar-refractivity contribution is -0.143. The molecule has 0 amide bonds. The Hall–Kier alpha value is -0.650. The number of methoxy groups -OCH3 is 1. The summed E-state index contributed by atoms with van der Waals surface area (Å²) in [4.78, 5) is 12.1. The lowest BCUT2D eigenvalue weighted by Gasteiger charge is -2.27. The van der Waals surface area contributed by atoms with Crippen LogP contribution in [0.4, 0.5) is 0 Å². The van der Waals surface area contributed by atoms with E-state index in [9.17, 15) is 15.0 Å². The summed E-state index contributed by atoms with van der Waals surface area (Å²) in [6.45, 7) is 3.34. The van der Waals surface area contributed by atoms with Crippen molar-refractivity contribution in [2.24, 2.45) is 0 Å². The van der Waals surface area contributed by atoms with Gasteiger partial charge >= 0.3 is 5.97 Å². The van der Waals surface area contributed by atoms with Gasteiger partial charge in [-0.2, -0.15) is 0 Å². The molecule has 0 aromatic rings. The van der Waals surface area contributed by atoms with E-state index in [4.69, 9.17) is 0 Å². The molecule has 0 bridgehead atoms. The Bertz CT molecular complexity index is 150. The van der Waals surface area contributed by atoms with Crippen LogP contribution in [0.1, 0.15) is 20.3 Å². The first-order valence-corrected chi connectivity index (χ1v) is 4.17. The zero-order valence-electron chi connectivity index (χ0n) is 8.23. The van der Waals surface area contributed by atoms with E-state index < -0.39 is 12.5 Å². The number of carbonyl (C=O) groups excluding carboxylic acids is 1. The first-order valence-electron chi connectivity index (χ1n) is 4.17. The number of esters is 1. The Morgan fingerprint density at radius 3 is 2.15 bits per heavy atom. The normalized spacial score (nSPS) is 15.5. The van der Waals surface area contributed by atoms with Crippen LogP contribution in [0, 0.1) is 0 Å². The molecule has 5 nitrogen and oxygen atoms in total. The number of rotatable bonds is 5. The number of hydrogen-bond acceptors (Lipinski definition) is 5. The van der Waals surface area contributed by atoms with Crippen molar-refractivity contribution in [2.75, 3.05) is 13.7 Å². The predicted octanol–water partition coefficient (Wildman–Crippen LogP) is -0.472. The minimum Gasteiger partial charge on any atom is -0.469 e. The van der Waals surface area contributed by atoms with E-state index in [1.165, 1.54) is 25.9 Å². The van der Waals surface area contributed by atoms with Crippen molar-refractivity contribution in [3.05, 3.63) is 0 Å². The lowest BCUT2D eigenvalue weighted by Crippen LogP contribution is -2.41. The van der Waals surface area contributed by atoms with Gasteiger partial charge in [-0.15, -0.1) is 0 Å². The fourth-order valence-electron chi connectivity index (χ4n) is 1.01. The maximum Gasteiger partial charge on any atom is 0.306 e. The Labute approximate surface area is 77.9 Å². The molecule has 0 radical (unpaired) electrons. The monoisotopic (exact) mass is 191 g/mol. The molecule has 2 N–H and O–H groups in total. The molecule has 0 heterocycles. The zero-order chi connectivity index (χ0) is 10.4. The van der Waals surface area contributed by atoms with Gasteiger partial charge in [0.25, 0.3) is 0 Å². The van der Waals surface area contributed by atoms with Crippen molar-refractivity contribution in [3.8, 4) is 0 Å². The van der Waals surface area contributed by atoms with Gasteiger partial charge in [0, 0.05) is 6.54 Å². The second-order valence-electron chi connectivity index (χ2n) is 2.83. The van der Waals surface area contributed by atoms with Crippen molar-refractivity contribution in [3.63, 3.8) is 0 Å². The van der Waals surface area contributed by atoms with Crippen molar-refractivity contribution in [1.82, 2.24) is 4.90 Å². The van der Waals surface area contributed by atoms with Crippen molar-refractivity contribution < 1.29 is 19.7 Å². The topological polar surface area (TPSA) is 70.0 Å². The number of ether oxygens (including phenoxy) is 1. The van der Waals surface area contributed by atoms with E-state index in [0.717, 1.165) is 0 Å². The maximum atomic E-state index is 10.7. The molecule has 0 aliphatic rings. The number of nitrogens with zero attached hydrogens (tertiary/aromatic N) is 1. The smallest absolute Gasteiger partial charge is 0.306 e. The van der Waals surface area contributed by atoms with Crippen LogP contribution in [-0.2, 0) is 9.53 Å². The molecule has 0 fully saturated rings. The minimum atomic E-state index is -0.773. The molecule has 0 aromatic heterocycles. The van der Waals surface area contributed by atoms with Gasteiger partial charge in [-0.05, 0) is 13.8 Å². The molecule has 13 heavy (non-hydrogen) atoms. The first kappa shape index (κ1) is 12.3. The molecule has 0 rings (SSSR count). The Kier molecular flexibility index (Phi) is 5.61. The van der Waals surface area contributed by atoms with E-state index in [2.05, 4.69) is 4.74 Å². The van der Waals surface area contributed by atoms with E-state index in [1.807, 2.05) is 0 Å². The quantitative estimate of drug-likeness (QED) is 0.454. The molecular weight excluding hydrogens is 174 g/mol. The first-order chi connectivity index (χ1) is 5.99. The lowest BCUT2D eigenvalue weighted by atomic mass is 10.3. The number of hydrogen-bond donors (Lipinski definition) is 2. The summed E-state index contributed by atoms with van der Waals surface area (Å²) in [5.74, 6) is -0.355.